The van der Waals surface area contributed by atoms with Crippen molar-refractivity contribution in [3.05, 3.63) is 29.3 Å². The summed E-state index contributed by atoms with van der Waals surface area (Å²) >= 11 is 0. The van der Waals surface area contributed by atoms with Crippen LogP contribution in [0.5, 0.6) is 5.75 Å². The first-order valence-electron chi connectivity index (χ1n) is 7.69. The Labute approximate surface area is 133 Å². The van der Waals surface area contributed by atoms with Crippen LogP contribution in [-0.4, -0.2) is 30.9 Å². The van der Waals surface area contributed by atoms with Gasteiger partial charge in [0.2, 0.25) is 0 Å². The predicted octanol–water partition coefficient (Wildman–Crippen LogP) is 2.77. The Morgan fingerprint density at radius 2 is 1.95 bits per heavy atom. The van der Waals surface area contributed by atoms with E-state index < -0.39 is 0 Å². The van der Waals surface area contributed by atoms with Gasteiger partial charge in [-0.05, 0) is 32.3 Å². The molecule has 3 N–H and O–H groups in total. The van der Waals surface area contributed by atoms with E-state index in [-0.39, 0.29) is 24.7 Å². The zero-order chi connectivity index (χ0) is 16.7. The first kappa shape index (κ1) is 18.3. The number of ether oxygens (including phenoxy) is 1. The van der Waals surface area contributed by atoms with E-state index in [1.54, 1.807) is 7.11 Å². The number of aliphatic hydroxyl groups excluding tert-OH is 1. The van der Waals surface area contributed by atoms with Crippen LogP contribution in [-0.2, 0) is 0 Å². The average Bonchev–Trinajstić information content (AvgIpc) is 2.45. The van der Waals surface area contributed by atoms with Crippen LogP contribution in [0.1, 0.15) is 44.4 Å². The Hall–Kier alpha value is -1.75. The number of urea groups is 1. The molecule has 2 unspecified atom stereocenters. The van der Waals surface area contributed by atoms with Gasteiger partial charge in [0.15, 0.2) is 0 Å². The molecule has 0 aliphatic carbocycles. The molecule has 5 heteroatoms. The maximum absolute atomic E-state index is 12.1. The summed E-state index contributed by atoms with van der Waals surface area (Å²) in [5.74, 6) is 1.16. The van der Waals surface area contributed by atoms with Gasteiger partial charge in [-0.3, -0.25) is 0 Å². The molecule has 2 atom stereocenters. The molecule has 0 aromatic heterocycles. The maximum atomic E-state index is 12.1. The van der Waals surface area contributed by atoms with Crippen molar-refractivity contribution >= 4 is 6.03 Å². The summed E-state index contributed by atoms with van der Waals surface area (Å²) in [5.41, 5.74) is 2.04. The average molecular weight is 308 g/mol. The van der Waals surface area contributed by atoms with E-state index in [2.05, 4.69) is 24.5 Å². The minimum Gasteiger partial charge on any atom is -0.496 e. The molecule has 1 rings (SSSR count). The van der Waals surface area contributed by atoms with Gasteiger partial charge in [0.1, 0.15) is 5.75 Å². The van der Waals surface area contributed by atoms with Gasteiger partial charge < -0.3 is 20.5 Å². The monoisotopic (exact) mass is 308 g/mol. The number of aryl methyl sites for hydroxylation is 1. The summed E-state index contributed by atoms with van der Waals surface area (Å²) in [5, 5.41) is 15.0. The minimum absolute atomic E-state index is 0.0618. The molecule has 0 aliphatic heterocycles. The lowest BCUT2D eigenvalue weighted by molar-refractivity contribution is 0.205. The van der Waals surface area contributed by atoms with Crippen molar-refractivity contribution in [3.63, 3.8) is 0 Å². The van der Waals surface area contributed by atoms with Gasteiger partial charge in [-0.2, -0.15) is 0 Å². The highest BCUT2D eigenvalue weighted by Crippen LogP contribution is 2.25. The first-order valence-corrected chi connectivity index (χ1v) is 7.69. The maximum Gasteiger partial charge on any atom is 0.315 e. The fraction of sp³-hybridized carbons (Fsp3) is 0.588. The van der Waals surface area contributed by atoms with E-state index in [0.717, 1.165) is 23.3 Å². The van der Waals surface area contributed by atoms with E-state index in [9.17, 15) is 9.90 Å². The highest BCUT2D eigenvalue weighted by Gasteiger charge is 2.17. The Morgan fingerprint density at radius 1 is 1.27 bits per heavy atom. The lowest BCUT2D eigenvalue weighted by Crippen LogP contribution is -2.45. The molecule has 0 heterocycles. The van der Waals surface area contributed by atoms with E-state index in [1.165, 1.54) is 0 Å². The molecular formula is C17H28N2O3. The van der Waals surface area contributed by atoms with E-state index in [4.69, 9.17) is 4.74 Å². The van der Waals surface area contributed by atoms with Crippen molar-refractivity contribution < 1.29 is 14.6 Å². The van der Waals surface area contributed by atoms with E-state index in [1.807, 2.05) is 32.0 Å². The molecule has 124 valence electrons. The molecule has 22 heavy (non-hydrogen) atoms. The van der Waals surface area contributed by atoms with Gasteiger partial charge in [-0.15, -0.1) is 0 Å². The number of carbonyl (C=O) groups excluding carboxylic acids is 1. The predicted molar refractivity (Wildman–Crippen MR) is 88.1 cm³/mol. The van der Waals surface area contributed by atoms with Crippen LogP contribution in [0.4, 0.5) is 4.79 Å². The van der Waals surface area contributed by atoms with Crippen molar-refractivity contribution in [2.45, 2.75) is 46.2 Å². The van der Waals surface area contributed by atoms with Crippen LogP contribution >= 0.6 is 0 Å². The van der Waals surface area contributed by atoms with Crippen molar-refractivity contribution in [1.29, 1.82) is 0 Å². The number of hydrogen-bond donors (Lipinski definition) is 3. The van der Waals surface area contributed by atoms with Gasteiger partial charge in [-0.25, -0.2) is 4.79 Å². The normalized spacial score (nSPS) is 13.6. The van der Waals surface area contributed by atoms with Crippen LogP contribution in [0.2, 0.25) is 0 Å². The van der Waals surface area contributed by atoms with Crippen molar-refractivity contribution in [3.8, 4) is 5.75 Å². The number of nitrogens with one attached hydrogen (secondary N) is 2. The number of rotatable bonds is 7. The molecule has 0 radical (unpaired) electrons. The molecule has 0 fully saturated rings. The summed E-state index contributed by atoms with van der Waals surface area (Å²) in [7, 11) is 1.62. The third-order valence-electron chi connectivity index (χ3n) is 3.51. The molecule has 5 nitrogen and oxygen atoms in total. The van der Waals surface area contributed by atoms with Gasteiger partial charge in [-0.1, -0.05) is 31.5 Å². The van der Waals surface area contributed by atoms with Crippen LogP contribution < -0.4 is 15.4 Å². The van der Waals surface area contributed by atoms with Crippen LogP contribution in [0.15, 0.2) is 18.2 Å². The van der Waals surface area contributed by atoms with Crippen molar-refractivity contribution in [2.24, 2.45) is 5.92 Å². The Kier molecular flexibility index (Phi) is 7.18. The number of carbonyl (C=O) groups is 1. The number of amides is 2. The second-order valence-corrected chi connectivity index (χ2v) is 6.09. The number of aliphatic hydroxyl groups is 1. The second-order valence-electron chi connectivity index (χ2n) is 6.09. The summed E-state index contributed by atoms with van der Waals surface area (Å²) in [6.45, 7) is 7.96. The molecule has 2 amide bonds. The molecule has 0 saturated heterocycles. The number of benzene rings is 1. The Morgan fingerprint density at radius 3 is 2.50 bits per heavy atom. The highest BCUT2D eigenvalue weighted by molar-refractivity contribution is 5.75. The standard InChI is InChI=1S/C17H28N2O3/c1-11(2)8-14(10-20)19-17(21)18-13(4)15-9-12(3)6-7-16(15)22-5/h6-7,9,11,13-14,20H,8,10H2,1-5H3,(H2,18,19,21). The van der Waals surface area contributed by atoms with Crippen molar-refractivity contribution in [2.75, 3.05) is 13.7 Å². The summed E-state index contributed by atoms with van der Waals surface area (Å²) in [4.78, 5) is 12.1. The molecule has 0 spiro atoms. The number of methoxy groups -OCH3 is 1. The highest BCUT2D eigenvalue weighted by atomic mass is 16.5. The van der Waals surface area contributed by atoms with Gasteiger partial charge >= 0.3 is 6.03 Å². The second kappa shape index (κ2) is 8.63. The molecule has 1 aromatic carbocycles. The third kappa shape index (κ3) is 5.56. The zero-order valence-electron chi connectivity index (χ0n) is 14.1. The fourth-order valence-corrected chi connectivity index (χ4v) is 2.44. The Balaban J connectivity index is 2.69. The van der Waals surface area contributed by atoms with Gasteiger partial charge in [0.05, 0.1) is 25.8 Å². The lowest BCUT2D eigenvalue weighted by atomic mass is 10.0. The van der Waals surface area contributed by atoms with E-state index in [0.29, 0.717) is 5.92 Å². The molecule has 0 aliphatic rings. The SMILES string of the molecule is COc1ccc(C)cc1C(C)NC(=O)NC(CO)CC(C)C. The first-order chi connectivity index (χ1) is 10.4. The quantitative estimate of drug-likeness (QED) is 0.725. The number of hydrogen-bond acceptors (Lipinski definition) is 3. The van der Waals surface area contributed by atoms with Gasteiger partial charge in [0.25, 0.3) is 0 Å². The molecule has 1 aromatic rings. The van der Waals surface area contributed by atoms with Crippen LogP contribution in [0.3, 0.4) is 0 Å². The Bertz CT molecular complexity index is 489. The lowest BCUT2D eigenvalue weighted by Gasteiger charge is -2.22. The largest absolute Gasteiger partial charge is 0.496 e. The van der Waals surface area contributed by atoms with Crippen LogP contribution in [0, 0.1) is 12.8 Å². The van der Waals surface area contributed by atoms with Crippen molar-refractivity contribution in [1.82, 2.24) is 10.6 Å². The fourth-order valence-electron chi connectivity index (χ4n) is 2.44. The zero-order valence-corrected chi connectivity index (χ0v) is 14.1. The minimum atomic E-state index is -0.282. The molecular weight excluding hydrogens is 280 g/mol. The summed E-state index contributed by atoms with van der Waals surface area (Å²) in [6.07, 6.45) is 0.742. The summed E-state index contributed by atoms with van der Waals surface area (Å²) < 4.78 is 5.35. The van der Waals surface area contributed by atoms with Crippen LogP contribution in [0.25, 0.3) is 0 Å². The third-order valence-corrected chi connectivity index (χ3v) is 3.51. The van der Waals surface area contributed by atoms with Gasteiger partial charge in [0, 0.05) is 5.56 Å². The summed E-state index contributed by atoms with van der Waals surface area (Å²) in [6, 6.07) is 5.17. The molecule has 0 bridgehead atoms. The smallest absolute Gasteiger partial charge is 0.315 e. The topological polar surface area (TPSA) is 70.6 Å². The van der Waals surface area contributed by atoms with E-state index >= 15 is 0 Å². The molecule has 0 saturated carbocycles.